The Bertz CT molecular complexity index is 649. The molecule has 7 nitrogen and oxygen atoms in total. The minimum atomic E-state index is -0.206. The van der Waals surface area contributed by atoms with E-state index in [1.54, 1.807) is 29.2 Å². The van der Waals surface area contributed by atoms with Gasteiger partial charge in [-0.15, -0.1) is 0 Å². The minimum absolute atomic E-state index is 0.206. The standard InChI is InChI=1S/C15H19ClN4O3/c16-12-9-18-20(10-12)11-13-1-2-14(23-13)15(21)17-3-4-19-5-7-22-8-6-19/h1-2,9-10H,3-8,11H2,(H,17,21). The van der Waals surface area contributed by atoms with Crippen molar-refractivity contribution in [1.29, 1.82) is 0 Å². The van der Waals surface area contributed by atoms with E-state index in [0.717, 1.165) is 32.8 Å². The minimum Gasteiger partial charge on any atom is -0.454 e. The highest BCUT2D eigenvalue weighted by atomic mass is 35.5. The van der Waals surface area contributed by atoms with Crippen molar-refractivity contribution in [3.63, 3.8) is 0 Å². The zero-order valence-electron chi connectivity index (χ0n) is 12.7. The molecular weight excluding hydrogens is 320 g/mol. The van der Waals surface area contributed by atoms with Crippen LogP contribution in [-0.2, 0) is 11.3 Å². The second-order valence-corrected chi connectivity index (χ2v) is 5.77. The van der Waals surface area contributed by atoms with Crippen molar-refractivity contribution < 1.29 is 13.9 Å². The first-order valence-corrected chi connectivity index (χ1v) is 7.93. The second kappa shape index (κ2) is 7.63. The number of ether oxygens (including phenoxy) is 1. The maximum atomic E-state index is 12.1. The van der Waals surface area contributed by atoms with Gasteiger partial charge in [-0.05, 0) is 12.1 Å². The largest absolute Gasteiger partial charge is 0.454 e. The Kier molecular flexibility index (Phi) is 5.32. The molecule has 8 heteroatoms. The SMILES string of the molecule is O=C(NCCN1CCOCC1)c1ccc(Cn2cc(Cl)cn2)o1. The maximum absolute atomic E-state index is 12.1. The summed E-state index contributed by atoms with van der Waals surface area (Å²) < 4.78 is 12.5. The van der Waals surface area contributed by atoms with Gasteiger partial charge in [-0.1, -0.05) is 11.6 Å². The third-order valence-corrected chi connectivity index (χ3v) is 3.82. The van der Waals surface area contributed by atoms with Gasteiger partial charge in [0, 0.05) is 32.4 Å². The van der Waals surface area contributed by atoms with Crippen LogP contribution >= 0.6 is 11.6 Å². The van der Waals surface area contributed by atoms with Crippen LogP contribution in [0, 0.1) is 0 Å². The summed E-state index contributed by atoms with van der Waals surface area (Å²) in [5.41, 5.74) is 0. The number of furan rings is 1. The number of carbonyl (C=O) groups excluding carboxylic acids is 1. The molecule has 1 amide bonds. The third-order valence-electron chi connectivity index (χ3n) is 3.62. The van der Waals surface area contributed by atoms with Crippen LogP contribution in [0.15, 0.2) is 28.9 Å². The molecule has 124 valence electrons. The van der Waals surface area contributed by atoms with Gasteiger partial charge in [0.2, 0.25) is 0 Å². The van der Waals surface area contributed by atoms with Crippen molar-refractivity contribution in [2.24, 2.45) is 0 Å². The first kappa shape index (κ1) is 16.0. The zero-order chi connectivity index (χ0) is 16.1. The maximum Gasteiger partial charge on any atom is 0.287 e. The highest BCUT2D eigenvalue weighted by Crippen LogP contribution is 2.11. The van der Waals surface area contributed by atoms with Gasteiger partial charge >= 0.3 is 0 Å². The van der Waals surface area contributed by atoms with Crippen molar-refractivity contribution in [3.8, 4) is 0 Å². The zero-order valence-corrected chi connectivity index (χ0v) is 13.5. The summed E-state index contributed by atoms with van der Waals surface area (Å²) in [6, 6.07) is 3.44. The average Bonchev–Trinajstić information content (AvgIpc) is 3.18. The van der Waals surface area contributed by atoms with Crippen molar-refractivity contribution >= 4 is 17.5 Å². The molecule has 0 saturated carbocycles. The summed E-state index contributed by atoms with van der Waals surface area (Å²) in [7, 11) is 0. The van der Waals surface area contributed by atoms with Gasteiger partial charge in [0.15, 0.2) is 5.76 Å². The van der Waals surface area contributed by atoms with E-state index in [1.165, 1.54) is 0 Å². The van der Waals surface area contributed by atoms with Crippen molar-refractivity contribution in [2.45, 2.75) is 6.54 Å². The topological polar surface area (TPSA) is 72.5 Å². The lowest BCUT2D eigenvalue weighted by Crippen LogP contribution is -2.41. The molecular formula is C15H19ClN4O3. The van der Waals surface area contributed by atoms with Crippen LogP contribution in [0.25, 0.3) is 0 Å². The fourth-order valence-electron chi connectivity index (χ4n) is 2.41. The first-order chi connectivity index (χ1) is 11.2. The summed E-state index contributed by atoms with van der Waals surface area (Å²) in [6.07, 6.45) is 3.26. The van der Waals surface area contributed by atoms with E-state index < -0.39 is 0 Å². The normalized spacial score (nSPS) is 15.7. The highest BCUT2D eigenvalue weighted by molar-refractivity contribution is 6.30. The number of morpholine rings is 1. The van der Waals surface area contributed by atoms with Gasteiger partial charge < -0.3 is 14.5 Å². The van der Waals surface area contributed by atoms with E-state index in [9.17, 15) is 4.79 Å². The number of hydrogen-bond acceptors (Lipinski definition) is 5. The summed E-state index contributed by atoms with van der Waals surface area (Å²) in [5.74, 6) is 0.756. The van der Waals surface area contributed by atoms with E-state index in [4.69, 9.17) is 20.8 Å². The molecule has 0 bridgehead atoms. The summed E-state index contributed by atoms with van der Waals surface area (Å²) in [5, 5.41) is 7.51. The molecule has 0 aromatic carbocycles. The molecule has 1 aliphatic heterocycles. The molecule has 0 radical (unpaired) electrons. The van der Waals surface area contributed by atoms with Crippen LogP contribution in [0.2, 0.25) is 5.02 Å². The van der Waals surface area contributed by atoms with E-state index >= 15 is 0 Å². The van der Waals surface area contributed by atoms with Gasteiger partial charge in [0.1, 0.15) is 5.76 Å². The lowest BCUT2D eigenvalue weighted by Gasteiger charge is -2.26. The van der Waals surface area contributed by atoms with E-state index in [0.29, 0.717) is 29.6 Å². The van der Waals surface area contributed by atoms with Crippen LogP contribution in [0.1, 0.15) is 16.3 Å². The quantitative estimate of drug-likeness (QED) is 0.858. The van der Waals surface area contributed by atoms with Crippen molar-refractivity contribution in [2.75, 3.05) is 39.4 Å². The van der Waals surface area contributed by atoms with Gasteiger partial charge in [-0.2, -0.15) is 5.10 Å². The van der Waals surface area contributed by atoms with Crippen LogP contribution in [-0.4, -0.2) is 60.0 Å². The number of amides is 1. The van der Waals surface area contributed by atoms with Crippen LogP contribution in [0.5, 0.6) is 0 Å². The van der Waals surface area contributed by atoms with Crippen molar-refractivity contribution in [1.82, 2.24) is 20.0 Å². The third kappa shape index (κ3) is 4.57. The Labute approximate surface area is 139 Å². The Morgan fingerprint density at radius 3 is 2.91 bits per heavy atom. The van der Waals surface area contributed by atoms with E-state index in [-0.39, 0.29) is 5.91 Å². The molecule has 0 aliphatic carbocycles. The number of carbonyl (C=O) groups is 1. The molecule has 2 aromatic rings. The Morgan fingerprint density at radius 2 is 2.17 bits per heavy atom. The van der Waals surface area contributed by atoms with Gasteiger partial charge in [0.05, 0.1) is 31.0 Å². The second-order valence-electron chi connectivity index (χ2n) is 5.33. The summed E-state index contributed by atoms with van der Waals surface area (Å²) in [4.78, 5) is 14.3. The Hall–Kier alpha value is -1.83. The lowest BCUT2D eigenvalue weighted by atomic mass is 10.4. The van der Waals surface area contributed by atoms with Gasteiger partial charge in [-0.3, -0.25) is 14.4 Å². The molecule has 0 atom stereocenters. The fraction of sp³-hybridized carbons (Fsp3) is 0.467. The van der Waals surface area contributed by atoms with E-state index in [2.05, 4.69) is 15.3 Å². The smallest absolute Gasteiger partial charge is 0.287 e. The van der Waals surface area contributed by atoms with Crippen LogP contribution in [0.3, 0.4) is 0 Å². The predicted molar refractivity (Wildman–Crippen MR) is 84.6 cm³/mol. The molecule has 1 N–H and O–H groups in total. The van der Waals surface area contributed by atoms with Crippen molar-refractivity contribution in [3.05, 3.63) is 41.1 Å². The highest BCUT2D eigenvalue weighted by Gasteiger charge is 2.13. The molecule has 23 heavy (non-hydrogen) atoms. The fourth-order valence-corrected chi connectivity index (χ4v) is 2.57. The number of halogens is 1. The van der Waals surface area contributed by atoms with Gasteiger partial charge in [0.25, 0.3) is 5.91 Å². The molecule has 1 saturated heterocycles. The number of hydrogen-bond donors (Lipinski definition) is 1. The number of rotatable bonds is 6. The Balaban J connectivity index is 1.46. The number of nitrogens with zero attached hydrogens (tertiary/aromatic N) is 3. The summed E-state index contributed by atoms with van der Waals surface area (Å²) >= 11 is 5.81. The number of aromatic nitrogens is 2. The first-order valence-electron chi connectivity index (χ1n) is 7.56. The molecule has 1 fully saturated rings. The van der Waals surface area contributed by atoms with Gasteiger partial charge in [-0.25, -0.2) is 0 Å². The molecule has 0 spiro atoms. The monoisotopic (exact) mass is 338 g/mol. The van der Waals surface area contributed by atoms with Crippen LogP contribution < -0.4 is 5.32 Å². The van der Waals surface area contributed by atoms with Crippen LogP contribution in [0.4, 0.5) is 0 Å². The average molecular weight is 339 g/mol. The molecule has 1 aliphatic rings. The molecule has 2 aromatic heterocycles. The number of nitrogens with one attached hydrogen (secondary N) is 1. The molecule has 3 rings (SSSR count). The molecule has 3 heterocycles. The predicted octanol–water partition coefficient (Wildman–Crippen LogP) is 1.24. The molecule has 0 unspecified atom stereocenters. The lowest BCUT2D eigenvalue weighted by molar-refractivity contribution is 0.0382. The summed E-state index contributed by atoms with van der Waals surface area (Å²) in [6.45, 7) is 5.17. The Morgan fingerprint density at radius 1 is 1.35 bits per heavy atom. The van der Waals surface area contributed by atoms with E-state index in [1.807, 2.05) is 0 Å².